The first kappa shape index (κ1) is 12.6. The molecule has 0 saturated carbocycles. The lowest BCUT2D eigenvalue weighted by Gasteiger charge is -2.20. The molecule has 3 N–H and O–H groups in total. The van der Waals surface area contributed by atoms with E-state index in [0.717, 1.165) is 5.56 Å². The van der Waals surface area contributed by atoms with Crippen LogP contribution in [0.4, 0.5) is 4.39 Å². The monoisotopic (exact) mass is 224 g/mol. The fraction of sp³-hybridized carbons (Fsp3) is 0.417. The Morgan fingerprint density at radius 2 is 1.94 bits per heavy atom. The Morgan fingerprint density at radius 1 is 1.38 bits per heavy atom. The summed E-state index contributed by atoms with van der Waals surface area (Å²) < 4.78 is 12.6. The molecule has 3 nitrogen and oxygen atoms in total. The van der Waals surface area contributed by atoms with Gasteiger partial charge in [0.05, 0.1) is 5.41 Å². The Balaban J connectivity index is 2.41. The third kappa shape index (κ3) is 3.62. The number of halogens is 1. The van der Waals surface area contributed by atoms with Crippen molar-refractivity contribution in [1.29, 1.82) is 0 Å². The van der Waals surface area contributed by atoms with Gasteiger partial charge in [0.2, 0.25) is 5.91 Å². The van der Waals surface area contributed by atoms with E-state index in [9.17, 15) is 9.18 Å². The number of benzene rings is 1. The maximum absolute atomic E-state index is 12.6. The topological polar surface area (TPSA) is 55.1 Å². The van der Waals surface area contributed by atoms with Gasteiger partial charge in [0.25, 0.3) is 0 Å². The largest absolute Gasteiger partial charge is 0.369 e. The fourth-order valence-electron chi connectivity index (χ4n) is 1.21. The van der Waals surface area contributed by atoms with Gasteiger partial charge in [0.15, 0.2) is 0 Å². The summed E-state index contributed by atoms with van der Waals surface area (Å²) in [7, 11) is 0. The van der Waals surface area contributed by atoms with E-state index in [1.54, 1.807) is 26.0 Å². The standard InChI is InChI=1S/C12H17FN2O/c1-12(2,11(14)16)8-15-7-9-3-5-10(13)6-4-9/h3-6,15H,7-8H2,1-2H3,(H2,14,16). The average Bonchev–Trinajstić information content (AvgIpc) is 2.20. The molecule has 0 bridgehead atoms. The smallest absolute Gasteiger partial charge is 0.224 e. The van der Waals surface area contributed by atoms with Gasteiger partial charge in [-0.2, -0.15) is 0 Å². The SMILES string of the molecule is CC(C)(CNCc1ccc(F)cc1)C(N)=O. The number of hydrogen-bond acceptors (Lipinski definition) is 2. The maximum Gasteiger partial charge on any atom is 0.224 e. The molecule has 1 rings (SSSR count). The second kappa shape index (κ2) is 5.07. The molecule has 0 aliphatic carbocycles. The Labute approximate surface area is 94.8 Å². The van der Waals surface area contributed by atoms with Crippen LogP contribution < -0.4 is 11.1 Å². The van der Waals surface area contributed by atoms with Crippen LogP contribution in [0.1, 0.15) is 19.4 Å². The van der Waals surface area contributed by atoms with E-state index >= 15 is 0 Å². The zero-order chi connectivity index (χ0) is 12.2. The van der Waals surface area contributed by atoms with Gasteiger partial charge in [0, 0.05) is 13.1 Å². The first-order valence-electron chi connectivity index (χ1n) is 5.17. The van der Waals surface area contributed by atoms with Crippen molar-refractivity contribution >= 4 is 5.91 Å². The maximum atomic E-state index is 12.6. The molecule has 0 saturated heterocycles. The van der Waals surface area contributed by atoms with E-state index < -0.39 is 5.41 Å². The van der Waals surface area contributed by atoms with Crippen LogP contribution in [0, 0.1) is 11.2 Å². The zero-order valence-corrected chi connectivity index (χ0v) is 9.59. The Hall–Kier alpha value is -1.42. The van der Waals surface area contributed by atoms with Crippen LogP contribution in [0.5, 0.6) is 0 Å². The number of rotatable bonds is 5. The van der Waals surface area contributed by atoms with Gasteiger partial charge in [-0.15, -0.1) is 0 Å². The van der Waals surface area contributed by atoms with Crippen molar-refractivity contribution in [3.8, 4) is 0 Å². The van der Waals surface area contributed by atoms with Crippen LogP contribution in [-0.4, -0.2) is 12.5 Å². The van der Waals surface area contributed by atoms with Crippen molar-refractivity contribution in [1.82, 2.24) is 5.32 Å². The summed E-state index contributed by atoms with van der Waals surface area (Å²) in [4.78, 5) is 11.0. The van der Waals surface area contributed by atoms with Crippen molar-refractivity contribution < 1.29 is 9.18 Å². The van der Waals surface area contributed by atoms with E-state index in [2.05, 4.69) is 5.32 Å². The third-order valence-corrected chi connectivity index (χ3v) is 2.48. The van der Waals surface area contributed by atoms with Crippen molar-refractivity contribution in [3.63, 3.8) is 0 Å². The van der Waals surface area contributed by atoms with Crippen LogP contribution in [0.25, 0.3) is 0 Å². The highest BCUT2D eigenvalue weighted by Gasteiger charge is 2.23. The van der Waals surface area contributed by atoms with Crippen LogP contribution in [-0.2, 0) is 11.3 Å². The van der Waals surface area contributed by atoms with E-state index in [-0.39, 0.29) is 11.7 Å². The van der Waals surface area contributed by atoms with Crippen LogP contribution in [0.3, 0.4) is 0 Å². The molecule has 0 aliphatic rings. The normalized spacial score (nSPS) is 11.4. The minimum Gasteiger partial charge on any atom is -0.369 e. The number of nitrogens with one attached hydrogen (secondary N) is 1. The highest BCUT2D eigenvalue weighted by Crippen LogP contribution is 2.12. The number of carbonyl (C=O) groups excluding carboxylic acids is 1. The van der Waals surface area contributed by atoms with Gasteiger partial charge in [-0.25, -0.2) is 4.39 Å². The Bertz CT molecular complexity index is 360. The summed E-state index contributed by atoms with van der Waals surface area (Å²) >= 11 is 0. The summed E-state index contributed by atoms with van der Waals surface area (Å²) in [6, 6.07) is 6.24. The summed E-state index contributed by atoms with van der Waals surface area (Å²) in [5.74, 6) is -0.583. The van der Waals surface area contributed by atoms with Crippen LogP contribution in [0.15, 0.2) is 24.3 Å². The second-order valence-electron chi connectivity index (χ2n) is 4.48. The molecule has 0 fully saturated rings. The molecule has 1 aromatic rings. The summed E-state index contributed by atoms with van der Waals surface area (Å²) in [6.45, 7) is 4.66. The van der Waals surface area contributed by atoms with E-state index in [1.807, 2.05) is 0 Å². The molecule has 0 heterocycles. The van der Waals surface area contributed by atoms with Gasteiger partial charge in [-0.1, -0.05) is 12.1 Å². The fourth-order valence-corrected chi connectivity index (χ4v) is 1.21. The lowest BCUT2D eigenvalue weighted by molar-refractivity contribution is -0.125. The molecule has 0 radical (unpaired) electrons. The zero-order valence-electron chi connectivity index (χ0n) is 9.59. The first-order valence-corrected chi connectivity index (χ1v) is 5.17. The summed E-state index contributed by atoms with van der Waals surface area (Å²) in [5, 5.41) is 3.12. The van der Waals surface area contributed by atoms with Crippen molar-refractivity contribution in [2.24, 2.45) is 11.1 Å². The van der Waals surface area contributed by atoms with E-state index in [4.69, 9.17) is 5.73 Å². The average molecular weight is 224 g/mol. The van der Waals surface area contributed by atoms with Crippen molar-refractivity contribution in [2.75, 3.05) is 6.54 Å². The second-order valence-corrected chi connectivity index (χ2v) is 4.48. The molecule has 0 aromatic heterocycles. The van der Waals surface area contributed by atoms with Gasteiger partial charge in [0.1, 0.15) is 5.82 Å². The number of carbonyl (C=O) groups is 1. The molecule has 0 spiro atoms. The summed E-state index contributed by atoms with van der Waals surface area (Å²) in [6.07, 6.45) is 0. The first-order chi connectivity index (χ1) is 7.42. The number of primary amides is 1. The molecule has 1 aromatic carbocycles. The molecule has 88 valence electrons. The Morgan fingerprint density at radius 3 is 2.44 bits per heavy atom. The quantitative estimate of drug-likeness (QED) is 0.795. The van der Waals surface area contributed by atoms with Crippen molar-refractivity contribution in [3.05, 3.63) is 35.6 Å². The molecular weight excluding hydrogens is 207 g/mol. The number of nitrogens with two attached hydrogens (primary N) is 1. The number of hydrogen-bond donors (Lipinski definition) is 2. The molecule has 4 heteroatoms. The van der Waals surface area contributed by atoms with Gasteiger partial charge >= 0.3 is 0 Å². The van der Waals surface area contributed by atoms with Gasteiger partial charge in [-0.05, 0) is 31.5 Å². The highest BCUT2D eigenvalue weighted by atomic mass is 19.1. The molecular formula is C12H17FN2O. The van der Waals surface area contributed by atoms with Crippen LogP contribution >= 0.6 is 0 Å². The van der Waals surface area contributed by atoms with E-state index in [1.165, 1.54) is 12.1 Å². The minimum atomic E-state index is -0.569. The van der Waals surface area contributed by atoms with Gasteiger partial charge in [-0.3, -0.25) is 4.79 Å². The summed E-state index contributed by atoms with van der Waals surface area (Å²) in [5.41, 5.74) is 5.65. The lowest BCUT2D eigenvalue weighted by Crippen LogP contribution is -2.40. The van der Waals surface area contributed by atoms with Crippen molar-refractivity contribution in [2.45, 2.75) is 20.4 Å². The molecule has 16 heavy (non-hydrogen) atoms. The molecule has 1 amide bonds. The predicted octanol–water partition coefficient (Wildman–Crippen LogP) is 1.43. The molecule has 0 unspecified atom stereocenters. The highest BCUT2D eigenvalue weighted by molar-refractivity contribution is 5.80. The van der Waals surface area contributed by atoms with Gasteiger partial charge < -0.3 is 11.1 Å². The number of amides is 1. The predicted molar refractivity (Wildman–Crippen MR) is 61.1 cm³/mol. The van der Waals surface area contributed by atoms with E-state index in [0.29, 0.717) is 13.1 Å². The lowest BCUT2D eigenvalue weighted by atomic mass is 9.93. The van der Waals surface area contributed by atoms with Crippen LogP contribution in [0.2, 0.25) is 0 Å². The minimum absolute atomic E-state index is 0.249. The molecule has 0 aliphatic heterocycles. The Kier molecular flexibility index (Phi) is 4.01. The third-order valence-electron chi connectivity index (χ3n) is 2.48. The molecule has 0 atom stereocenters.